The molecule has 0 fully saturated rings. The van der Waals surface area contributed by atoms with Crippen LogP contribution in [-0.2, 0) is 5.41 Å². The number of thiophene rings is 1. The van der Waals surface area contributed by atoms with E-state index in [0.29, 0.717) is 17.5 Å². The predicted octanol–water partition coefficient (Wildman–Crippen LogP) is 13.4. The number of hydrogen-bond acceptors (Lipinski definition) is 5. The Morgan fingerprint density at radius 1 is 0.386 bits per heavy atom. The third-order valence-corrected chi connectivity index (χ3v) is 12.8. The average Bonchev–Trinajstić information content (AvgIpc) is 3.81. The molecule has 4 nitrogen and oxygen atoms in total. The lowest BCUT2D eigenvalue weighted by atomic mass is 9.66. The van der Waals surface area contributed by atoms with E-state index in [2.05, 4.69) is 158 Å². The Balaban J connectivity index is 1.09. The fourth-order valence-electron chi connectivity index (χ4n) is 9.23. The lowest BCUT2D eigenvalue weighted by molar-refractivity contribution is 0.436. The maximum Gasteiger partial charge on any atom is 0.164 e. The normalized spacial score (nSPS) is 13.2. The largest absolute Gasteiger partial charge is 0.457 e. The molecule has 10 aromatic rings. The number of hydrogen-bond donors (Lipinski definition) is 0. The summed E-state index contributed by atoms with van der Waals surface area (Å²) in [6.07, 6.45) is 0. The molecule has 2 aromatic heterocycles. The van der Waals surface area contributed by atoms with Crippen LogP contribution in [0.3, 0.4) is 0 Å². The molecule has 0 atom stereocenters. The molecule has 0 unspecified atom stereocenters. The van der Waals surface area contributed by atoms with Crippen LogP contribution >= 0.6 is 11.3 Å². The zero-order valence-corrected chi connectivity index (χ0v) is 31.4. The Morgan fingerprint density at radius 3 is 1.75 bits per heavy atom. The van der Waals surface area contributed by atoms with Gasteiger partial charge in [-0.05, 0) is 57.6 Å². The van der Waals surface area contributed by atoms with Crippen molar-refractivity contribution in [2.75, 3.05) is 0 Å². The highest BCUT2D eigenvalue weighted by Gasteiger charge is 2.51. The summed E-state index contributed by atoms with van der Waals surface area (Å²) in [5.74, 6) is 3.62. The van der Waals surface area contributed by atoms with Crippen molar-refractivity contribution >= 4 is 31.5 Å². The number of aromatic nitrogens is 3. The van der Waals surface area contributed by atoms with E-state index >= 15 is 0 Å². The van der Waals surface area contributed by atoms with Crippen LogP contribution in [0.5, 0.6) is 11.5 Å². The van der Waals surface area contributed by atoms with Gasteiger partial charge in [0.05, 0.1) is 5.41 Å². The van der Waals surface area contributed by atoms with Gasteiger partial charge in [-0.25, -0.2) is 15.0 Å². The third-order valence-electron chi connectivity index (χ3n) is 11.6. The van der Waals surface area contributed by atoms with Gasteiger partial charge in [-0.2, -0.15) is 0 Å². The van der Waals surface area contributed by atoms with E-state index in [0.717, 1.165) is 56.0 Å². The SMILES string of the molecule is c1ccc(-c2nc(-c3cccc(-c4cccc5c4sc4ccccc45)c3)nc(-c3cccc4c3-c3ccccc3C43c4ccccc4Oc4ccccc43)n2)cc1. The second-order valence-corrected chi connectivity index (χ2v) is 15.7. The van der Waals surface area contributed by atoms with Gasteiger partial charge in [0, 0.05) is 48.0 Å². The fraction of sp³-hybridized carbons (Fsp3) is 0.0192. The zero-order valence-electron chi connectivity index (χ0n) is 30.6. The van der Waals surface area contributed by atoms with Crippen LogP contribution in [0.1, 0.15) is 22.3 Å². The molecule has 1 aliphatic heterocycles. The molecule has 5 heteroatoms. The van der Waals surface area contributed by atoms with E-state index in [9.17, 15) is 0 Å². The van der Waals surface area contributed by atoms with Crippen molar-refractivity contribution in [3.8, 4) is 67.9 Å². The molecule has 0 bridgehead atoms. The van der Waals surface area contributed by atoms with Gasteiger partial charge in [-0.1, -0.05) is 164 Å². The highest BCUT2D eigenvalue weighted by Crippen LogP contribution is 2.63. The van der Waals surface area contributed by atoms with Gasteiger partial charge in [-0.15, -0.1) is 11.3 Å². The standard InChI is InChI=1S/C52H31N3OS/c1-2-15-32(16-3-1)49-53-50(34-18-12-17-33(31-34)35-21-13-22-37-36-19-5-11-30-46(36)57-48(35)37)55-51(54-49)39-23-14-27-43-47(39)38-20-4-6-24-40(38)52(43)41-25-7-9-28-44(41)56-45-29-10-8-26-42(45)52/h1-31H. The van der Waals surface area contributed by atoms with Crippen LogP contribution in [0.25, 0.3) is 76.6 Å². The van der Waals surface area contributed by atoms with Gasteiger partial charge in [0.1, 0.15) is 11.5 Å². The van der Waals surface area contributed by atoms with Gasteiger partial charge in [0.15, 0.2) is 17.5 Å². The van der Waals surface area contributed by atoms with E-state index in [1.165, 1.54) is 36.9 Å². The molecular formula is C52H31N3OS. The predicted molar refractivity (Wildman–Crippen MR) is 232 cm³/mol. The molecule has 0 amide bonds. The van der Waals surface area contributed by atoms with Gasteiger partial charge in [0.25, 0.3) is 0 Å². The number of para-hydroxylation sites is 2. The number of nitrogens with zero attached hydrogens (tertiary/aromatic N) is 3. The van der Waals surface area contributed by atoms with Crippen LogP contribution in [0.15, 0.2) is 188 Å². The molecule has 0 saturated carbocycles. The summed E-state index contributed by atoms with van der Waals surface area (Å²) in [7, 11) is 0. The molecule has 8 aromatic carbocycles. The monoisotopic (exact) mass is 745 g/mol. The van der Waals surface area contributed by atoms with Gasteiger partial charge < -0.3 is 4.74 Å². The molecule has 0 saturated heterocycles. The summed E-state index contributed by atoms with van der Waals surface area (Å²) >= 11 is 1.84. The summed E-state index contributed by atoms with van der Waals surface area (Å²) in [5.41, 5.74) is 11.5. The highest BCUT2D eigenvalue weighted by molar-refractivity contribution is 7.26. The van der Waals surface area contributed by atoms with Crippen LogP contribution in [0.2, 0.25) is 0 Å². The maximum absolute atomic E-state index is 6.59. The first-order valence-corrected chi connectivity index (χ1v) is 20.0. The van der Waals surface area contributed by atoms with Crippen LogP contribution in [-0.4, -0.2) is 15.0 Å². The first-order chi connectivity index (χ1) is 28.3. The maximum atomic E-state index is 6.59. The van der Waals surface area contributed by atoms with Crippen molar-refractivity contribution in [3.63, 3.8) is 0 Å². The summed E-state index contributed by atoms with van der Waals surface area (Å²) in [4.78, 5) is 15.8. The number of ether oxygens (including phenoxy) is 1. The minimum Gasteiger partial charge on any atom is -0.457 e. The molecule has 12 rings (SSSR count). The Kier molecular flexibility index (Phi) is 6.98. The molecule has 0 radical (unpaired) electrons. The van der Waals surface area contributed by atoms with Crippen molar-refractivity contribution in [2.45, 2.75) is 5.41 Å². The molecule has 1 spiro atoms. The van der Waals surface area contributed by atoms with Gasteiger partial charge in [0.2, 0.25) is 0 Å². The molecule has 3 heterocycles. The smallest absolute Gasteiger partial charge is 0.164 e. The zero-order chi connectivity index (χ0) is 37.5. The van der Waals surface area contributed by atoms with Crippen molar-refractivity contribution < 1.29 is 4.74 Å². The van der Waals surface area contributed by atoms with E-state index in [4.69, 9.17) is 19.7 Å². The summed E-state index contributed by atoms with van der Waals surface area (Å²) in [5, 5.41) is 2.56. The second kappa shape index (κ2) is 12.4. The van der Waals surface area contributed by atoms with E-state index in [1.54, 1.807) is 0 Å². The fourth-order valence-corrected chi connectivity index (χ4v) is 10.5. The molecule has 0 N–H and O–H groups in total. The van der Waals surface area contributed by atoms with E-state index in [1.807, 2.05) is 41.7 Å². The molecular weight excluding hydrogens is 715 g/mol. The quantitative estimate of drug-likeness (QED) is 0.180. The Bertz CT molecular complexity index is 3200. The number of fused-ring (bicyclic) bond motifs is 12. The minimum atomic E-state index is -0.590. The number of benzene rings is 8. The first-order valence-electron chi connectivity index (χ1n) is 19.2. The Labute approximate surface area is 333 Å². The van der Waals surface area contributed by atoms with Gasteiger partial charge in [-0.3, -0.25) is 0 Å². The first kappa shape index (κ1) is 32.1. The third kappa shape index (κ3) is 4.70. The van der Waals surface area contributed by atoms with E-state index < -0.39 is 5.41 Å². The molecule has 2 aliphatic rings. The lowest BCUT2D eigenvalue weighted by Crippen LogP contribution is -2.32. The van der Waals surface area contributed by atoms with Crippen molar-refractivity contribution in [2.24, 2.45) is 0 Å². The average molecular weight is 746 g/mol. The van der Waals surface area contributed by atoms with Crippen molar-refractivity contribution in [3.05, 3.63) is 210 Å². The minimum absolute atomic E-state index is 0.590. The van der Waals surface area contributed by atoms with Gasteiger partial charge >= 0.3 is 0 Å². The molecule has 266 valence electrons. The van der Waals surface area contributed by atoms with Crippen LogP contribution < -0.4 is 4.74 Å². The summed E-state index contributed by atoms with van der Waals surface area (Å²) in [6, 6.07) is 66.4. The van der Waals surface area contributed by atoms with E-state index in [-0.39, 0.29) is 0 Å². The highest BCUT2D eigenvalue weighted by atomic mass is 32.1. The van der Waals surface area contributed by atoms with Crippen molar-refractivity contribution in [1.82, 2.24) is 15.0 Å². The number of rotatable bonds is 4. The molecule has 57 heavy (non-hydrogen) atoms. The lowest BCUT2D eigenvalue weighted by Gasteiger charge is -2.39. The summed E-state index contributed by atoms with van der Waals surface area (Å²) in [6.45, 7) is 0. The molecule has 1 aliphatic carbocycles. The Morgan fingerprint density at radius 2 is 0.930 bits per heavy atom. The Hall–Kier alpha value is -7.21. The topological polar surface area (TPSA) is 47.9 Å². The summed E-state index contributed by atoms with van der Waals surface area (Å²) < 4.78 is 9.15. The van der Waals surface area contributed by atoms with Crippen LogP contribution in [0, 0.1) is 0 Å². The second-order valence-electron chi connectivity index (χ2n) is 14.7. The van der Waals surface area contributed by atoms with Crippen molar-refractivity contribution in [1.29, 1.82) is 0 Å². The van der Waals surface area contributed by atoms with Crippen LogP contribution in [0.4, 0.5) is 0 Å².